The zero-order chi connectivity index (χ0) is 18.4. The average molecular weight is 356 g/mol. The number of phenols is 1. The highest BCUT2D eigenvalue weighted by atomic mass is 19.1. The van der Waals surface area contributed by atoms with Crippen molar-refractivity contribution in [1.82, 2.24) is 9.97 Å². The van der Waals surface area contributed by atoms with Crippen molar-refractivity contribution in [3.63, 3.8) is 0 Å². The van der Waals surface area contributed by atoms with Crippen molar-refractivity contribution in [2.75, 3.05) is 0 Å². The third-order valence-electron chi connectivity index (χ3n) is 5.17. The van der Waals surface area contributed by atoms with Crippen LogP contribution >= 0.6 is 0 Å². The Morgan fingerprint density at radius 3 is 1.81 bits per heavy atom. The number of H-pyrrole nitrogens is 2. The number of para-hydroxylation sites is 2. The van der Waals surface area contributed by atoms with E-state index in [9.17, 15) is 9.50 Å². The zero-order valence-corrected chi connectivity index (χ0v) is 14.4. The van der Waals surface area contributed by atoms with Crippen LogP contribution in [-0.2, 0) is 0 Å². The average Bonchev–Trinajstić information content (AvgIpc) is 3.29. The van der Waals surface area contributed by atoms with Crippen LogP contribution in [0.15, 0.2) is 79.1 Å². The van der Waals surface area contributed by atoms with Gasteiger partial charge in [0.25, 0.3) is 0 Å². The molecule has 3 N–H and O–H groups in total. The highest BCUT2D eigenvalue weighted by Gasteiger charge is 2.25. The van der Waals surface area contributed by atoms with E-state index in [-0.39, 0.29) is 11.7 Å². The van der Waals surface area contributed by atoms with Gasteiger partial charge in [-0.1, -0.05) is 42.5 Å². The molecule has 0 unspecified atom stereocenters. The van der Waals surface area contributed by atoms with Gasteiger partial charge in [-0.2, -0.15) is 0 Å². The van der Waals surface area contributed by atoms with Crippen molar-refractivity contribution < 1.29 is 9.50 Å². The third-order valence-corrected chi connectivity index (χ3v) is 5.17. The summed E-state index contributed by atoms with van der Waals surface area (Å²) in [6.45, 7) is 0. The predicted octanol–water partition coefficient (Wildman–Crippen LogP) is 5.67. The SMILES string of the molecule is Oc1cc(F)ccc1C(c1c[nH]c2ccccc12)c1c[nH]c2ccccc12. The van der Waals surface area contributed by atoms with Crippen LogP contribution in [-0.4, -0.2) is 15.1 Å². The van der Waals surface area contributed by atoms with Crippen LogP contribution in [0.4, 0.5) is 4.39 Å². The summed E-state index contributed by atoms with van der Waals surface area (Å²) in [6, 6.07) is 20.4. The molecule has 0 bridgehead atoms. The van der Waals surface area contributed by atoms with Crippen molar-refractivity contribution in [3.05, 3.63) is 102 Å². The van der Waals surface area contributed by atoms with Gasteiger partial charge in [0.05, 0.1) is 0 Å². The number of aromatic nitrogens is 2. The maximum Gasteiger partial charge on any atom is 0.126 e. The van der Waals surface area contributed by atoms with Gasteiger partial charge in [0.1, 0.15) is 11.6 Å². The lowest BCUT2D eigenvalue weighted by atomic mass is 9.84. The summed E-state index contributed by atoms with van der Waals surface area (Å²) in [5.74, 6) is -0.735. The molecule has 3 aromatic carbocycles. The number of benzene rings is 3. The summed E-state index contributed by atoms with van der Waals surface area (Å²) in [5, 5.41) is 12.7. The molecule has 0 atom stereocenters. The molecule has 2 aromatic heterocycles. The molecule has 0 aliphatic heterocycles. The van der Waals surface area contributed by atoms with Crippen molar-refractivity contribution >= 4 is 21.8 Å². The molecule has 0 spiro atoms. The van der Waals surface area contributed by atoms with E-state index in [0.29, 0.717) is 5.56 Å². The maximum atomic E-state index is 13.6. The Balaban J connectivity index is 1.82. The number of aromatic amines is 2. The molecule has 0 amide bonds. The van der Waals surface area contributed by atoms with Gasteiger partial charge in [-0.05, 0) is 29.3 Å². The molecule has 132 valence electrons. The number of halogens is 1. The van der Waals surface area contributed by atoms with Gasteiger partial charge < -0.3 is 15.1 Å². The minimum Gasteiger partial charge on any atom is -0.508 e. The molecule has 0 fully saturated rings. The van der Waals surface area contributed by atoms with E-state index >= 15 is 0 Å². The van der Waals surface area contributed by atoms with Gasteiger partial charge in [0, 0.05) is 51.7 Å². The molecule has 5 aromatic rings. The Bertz CT molecular complexity index is 1190. The van der Waals surface area contributed by atoms with E-state index in [1.165, 1.54) is 12.1 Å². The first-order valence-corrected chi connectivity index (χ1v) is 8.83. The lowest BCUT2D eigenvalue weighted by molar-refractivity contribution is 0.461. The number of hydrogen-bond acceptors (Lipinski definition) is 1. The normalized spacial score (nSPS) is 11.6. The molecule has 2 heterocycles. The second-order valence-corrected chi connectivity index (χ2v) is 6.72. The maximum absolute atomic E-state index is 13.6. The Labute approximate surface area is 155 Å². The van der Waals surface area contributed by atoms with E-state index in [2.05, 4.69) is 22.1 Å². The predicted molar refractivity (Wildman–Crippen MR) is 106 cm³/mol. The van der Waals surface area contributed by atoms with Crippen LogP contribution in [0.25, 0.3) is 21.8 Å². The first kappa shape index (κ1) is 15.7. The van der Waals surface area contributed by atoms with Gasteiger partial charge in [-0.25, -0.2) is 4.39 Å². The van der Waals surface area contributed by atoms with Gasteiger partial charge in [-0.3, -0.25) is 0 Å². The molecular formula is C23H17FN2O. The molecule has 3 nitrogen and oxygen atoms in total. The van der Waals surface area contributed by atoms with Crippen LogP contribution in [0.3, 0.4) is 0 Å². The quantitative estimate of drug-likeness (QED) is 0.383. The van der Waals surface area contributed by atoms with Crippen molar-refractivity contribution in [1.29, 1.82) is 0 Å². The summed E-state index contributed by atoms with van der Waals surface area (Å²) < 4.78 is 13.6. The lowest BCUT2D eigenvalue weighted by Gasteiger charge is -2.18. The van der Waals surface area contributed by atoms with Crippen molar-refractivity contribution in [2.45, 2.75) is 5.92 Å². The van der Waals surface area contributed by atoms with Gasteiger partial charge in [0.2, 0.25) is 0 Å². The van der Waals surface area contributed by atoms with E-state index < -0.39 is 5.82 Å². The number of hydrogen-bond donors (Lipinski definition) is 3. The van der Waals surface area contributed by atoms with Crippen molar-refractivity contribution in [3.8, 4) is 5.75 Å². The summed E-state index contributed by atoms with van der Waals surface area (Å²) in [5.41, 5.74) is 4.80. The zero-order valence-electron chi connectivity index (χ0n) is 14.4. The monoisotopic (exact) mass is 356 g/mol. The third kappa shape index (κ3) is 2.49. The Morgan fingerprint density at radius 2 is 1.26 bits per heavy atom. The van der Waals surface area contributed by atoms with Gasteiger partial charge >= 0.3 is 0 Å². The van der Waals surface area contributed by atoms with Crippen LogP contribution in [0.2, 0.25) is 0 Å². The second-order valence-electron chi connectivity index (χ2n) is 6.72. The summed E-state index contributed by atoms with van der Waals surface area (Å²) in [6.07, 6.45) is 3.94. The largest absolute Gasteiger partial charge is 0.508 e. The fourth-order valence-corrected chi connectivity index (χ4v) is 3.93. The number of aromatic hydroxyl groups is 1. The van der Waals surface area contributed by atoms with E-state index in [1.807, 2.05) is 48.8 Å². The topological polar surface area (TPSA) is 51.8 Å². The molecule has 0 aliphatic carbocycles. The standard InChI is InChI=1S/C23H17FN2O/c24-14-9-10-17(22(27)11-14)23(18-12-25-20-7-3-1-5-15(18)20)19-13-26-21-8-4-2-6-16(19)21/h1-13,23,25-27H. The molecule has 5 rings (SSSR count). The molecular weight excluding hydrogens is 339 g/mol. The number of phenolic OH excluding ortho intramolecular Hbond substituents is 1. The number of nitrogens with one attached hydrogen (secondary N) is 2. The highest BCUT2D eigenvalue weighted by molar-refractivity contribution is 5.89. The van der Waals surface area contributed by atoms with Crippen LogP contribution in [0, 0.1) is 5.82 Å². The Morgan fingerprint density at radius 1 is 0.704 bits per heavy atom. The molecule has 0 aliphatic rings. The Kier molecular flexibility index (Phi) is 3.50. The minimum absolute atomic E-state index is 0.0458. The van der Waals surface area contributed by atoms with E-state index in [1.54, 1.807) is 6.07 Å². The van der Waals surface area contributed by atoms with Crippen LogP contribution < -0.4 is 0 Å². The van der Waals surface area contributed by atoms with Gasteiger partial charge in [0.15, 0.2) is 0 Å². The Hall–Kier alpha value is -3.53. The van der Waals surface area contributed by atoms with Crippen molar-refractivity contribution in [2.24, 2.45) is 0 Å². The molecule has 0 saturated carbocycles. The van der Waals surface area contributed by atoms with Crippen LogP contribution in [0.1, 0.15) is 22.6 Å². The number of rotatable bonds is 3. The minimum atomic E-state index is -0.451. The summed E-state index contributed by atoms with van der Waals surface area (Å²) in [7, 11) is 0. The number of fused-ring (bicyclic) bond motifs is 2. The fourth-order valence-electron chi connectivity index (χ4n) is 3.93. The first-order chi connectivity index (χ1) is 13.2. The fraction of sp³-hybridized carbons (Fsp3) is 0.0435. The van der Waals surface area contributed by atoms with Crippen LogP contribution in [0.5, 0.6) is 5.75 Å². The first-order valence-electron chi connectivity index (χ1n) is 8.83. The smallest absolute Gasteiger partial charge is 0.126 e. The molecule has 0 radical (unpaired) electrons. The van der Waals surface area contributed by atoms with E-state index in [0.717, 1.165) is 32.9 Å². The summed E-state index contributed by atoms with van der Waals surface area (Å²) >= 11 is 0. The van der Waals surface area contributed by atoms with E-state index in [4.69, 9.17) is 0 Å². The second kappa shape index (κ2) is 6.02. The highest BCUT2D eigenvalue weighted by Crippen LogP contribution is 2.42. The molecule has 0 saturated heterocycles. The van der Waals surface area contributed by atoms with Gasteiger partial charge in [-0.15, -0.1) is 0 Å². The lowest BCUT2D eigenvalue weighted by Crippen LogP contribution is -2.03. The molecule has 4 heteroatoms. The molecule has 27 heavy (non-hydrogen) atoms. The summed E-state index contributed by atoms with van der Waals surface area (Å²) in [4.78, 5) is 6.63.